The molecule has 2 nitrogen and oxygen atoms in total. The van der Waals surface area contributed by atoms with Gasteiger partial charge in [-0.3, -0.25) is 4.79 Å². The van der Waals surface area contributed by atoms with Crippen molar-refractivity contribution in [1.82, 2.24) is 0 Å². The van der Waals surface area contributed by atoms with E-state index in [1.54, 1.807) is 0 Å². The third-order valence-electron chi connectivity index (χ3n) is 2.31. The minimum atomic E-state index is -0.159. The quantitative estimate of drug-likeness (QED) is 0.738. The van der Waals surface area contributed by atoms with Crippen LogP contribution in [0.3, 0.4) is 0 Å². The van der Waals surface area contributed by atoms with E-state index >= 15 is 0 Å². The van der Waals surface area contributed by atoms with Gasteiger partial charge < -0.3 is 4.74 Å². The third kappa shape index (κ3) is 3.92. The molecule has 0 saturated heterocycles. The molecule has 0 unspecified atom stereocenters. The zero-order chi connectivity index (χ0) is 11.3. The molecule has 15 heavy (non-hydrogen) atoms. The fourth-order valence-corrected chi connectivity index (χ4v) is 1.53. The molecule has 1 aromatic carbocycles. The van der Waals surface area contributed by atoms with Gasteiger partial charge in [0.15, 0.2) is 0 Å². The lowest BCUT2D eigenvalue weighted by Gasteiger charge is -2.03. The van der Waals surface area contributed by atoms with Gasteiger partial charge in [0, 0.05) is 11.4 Å². The Bertz CT molecular complexity index is 347. The maximum absolute atomic E-state index is 10.9. The molecule has 0 heterocycles. The van der Waals surface area contributed by atoms with Crippen molar-refractivity contribution in [2.24, 2.45) is 0 Å². The molecule has 0 aromatic heterocycles. The molecule has 0 amide bonds. The second kappa shape index (κ2) is 5.76. The standard InChI is InChI=1S/C12H15ClO2/c1-9-6-7-10(8-11(9)13)4-3-5-12(14)15-2/h6-8H,3-5H2,1-2H3. The first-order valence-electron chi connectivity index (χ1n) is 4.95. The third-order valence-corrected chi connectivity index (χ3v) is 2.72. The van der Waals surface area contributed by atoms with Gasteiger partial charge in [0.1, 0.15) is 0 Å². The van der Waals surface area contributed by atoms with Gasteiger partial charge in [0.05, 0.1) is 7.11 Å². The van der Waals surface area contributed by atoms with Gasteiger partial charge in [-0.15, -0.1) is 0 Å². The monoisotopic (exact) mass is 226 g/mol. The van der Waals surface area contributed by atoms with E-state index in [-0.39, 0.29) is 5.97 Å². The first-order valence-corrected chi connectivity index (χ1v) is 5.33. The number of rotatable bonds is 4. The SMILES string of the molecule is COC(=O)CCCc1ccc(C)c(Cl)c1. The summed E-state index contributed by atoms with van der Waals surface area (Å²) in [5.41, 5.74) is 2.24. The van der Waals surface area contributed by atoms with E-state index < -0.39 is 0 Å². The van der Waals surface area contributed by atoms with Crippen LogP contribution in [0.5, 0.6) is 0 Å². The van der Waals surface area contributed by atoms with Crippen LogP contribution in [0.25, 0.3) is 0 Å². The van der Waals surface area contributed by atoms with Crippen LogP contribution in [0, 0.1) is 6.92 Å². The summed E-state index contributed by atoms with van der Waals surface area (Å²) >= 11 is 5.99. The van der Waals surface area contributed by atoms with Crippen molar-refractivity contribution in [3.63, 3.8) is 0 Å². The molecule has 0 saturated carbocycles. The van der Waals surface area contributed by atoms with E-state index in [0.29, 0.717) is 6.42 Å². The zero-order valence-corrected chi connectivity index (χ0v) is 9.80. The van der Waals surface area contributed by atoms with Crippen molar-refractivity contribution in [1.29, 1.82) is 0 Å². The van der Waals surface area contributed by atoms with E-state index in [2.05, 4.69) is 4.74 Å². The molecule has 0 aliphatic rings. The lowest BCUT2D eigenvalue weighted by molar-refractivity contribution is -0.140. The van der Waals surface area contributed by atoms with Crippen LogP contribution in [0.15, 0.2) is 18.2 Å². The highest BCUT2D eigenvalue weighted by Gasteiger charge is 2.02. The lowest BCUT2D eigenvalue weighted by Crippen LogP contribution is -2.00. The highest BCUT2D eigenvalue weighted by Crippen LogP contribution is 2.17. The summed E-state index contributed by atoms with van der Waals surface area (Å²) in [4.78, 5) is 10.9. The van der Waals surface area contributed by atoms with Gasteiger partial charge in [-0.2, -0.15) is 0 Å². The van der Waals surface area contributed by atoms with Crippen molar-refractivity contribution in [2.45, 2.75) is 26.2 Å². The van der Waals surface area contributed by atoms with E-state index in [9.17, 15) is 4.79 Å². The summed E-state index contributed by atoms with van der Waals surface area (Å²) in [7, 11) is 1.41. The molecule has 0 fully saturated rings. The van der Waals surface area contributed by atoms with Crippen molar-refractivity contribution in [3.05, 3.63) is 34.3 Å². The van der Waals surface area contributed by atoms with Gasteiger partial charge in [0.25, 0.3) is 0 Å². The lowest BCUT2D eigenvalue weighted by atomic mass is 10.1. The molecular formula is C12H15ClO2. The predicted molar refractivity (Wildman–Crippen MR) is 61.1 cm³/mol. The first kappa shape index (κ1) is 12.1. The largest absolute Gasteiger partial charge is 0.469 e. The number of esters is 1. The number of aryl methyl sites for hydroxylation is 2. The van der Waals surface area contributed by atoms with Crippen LogP contribution in [0.4, 0.5) is 0 Å². The molecule has 0 atom stereocenters. The molecule has 0 aliphatic heterocycles. The zero-order valence-electron chi connectivity index (χ0n) is 9.05. The Morgan fingerprint density at radius 1 is 1.47 bits per heavy atom. The summed E-state index contributed by atoms with van der Waals surface area (Å²) in [6.07, 6.45) is 2.11. The Hall–Kier alpha value is -1.02. The molecule has 3 heteroatoms. The summed E-state index contributed by atoms with van der Waals surface area (Å²) in [5.74, 6) is -0.159. The second-order valence-electron chi connectivity index (χ2n) is 3.51. The number of hydrogen-bond donors (Lipinski definition) is 0. The number of ether oxygens (including phenoxy) is 1. The fourth-order valence-electron chi connectivity index (χ4n) is 1.33. The van der Waals surface area contributed by atoms with Gasteiger partial charge in [0.2, 0.25) is 0 Å². The maximum Gasteiger partial charge on any atom is 0.305 e. The van der Waals surface area contributed by atoms with Gasteiger partial charge in [-0.1, -0.05) is 23.7 Å². The van der Waals surface area contributed by atoms with Crippen LogP contribution < -0.4 is 0 Å². The average Bonchev–Trinajstić information content (AvgIpc) is 2.23. The Morgan fingerprint density at radius 2 is 2.20 bits per heavy atom. The van der Waals surface area contributed by atoms with Crippen LogP contribution >= 0.6 is 11.6 Å². The number of carbonyl (C=O) groups excluding carboxylic acids is 1. The highest BCUT2D eigenvalue weighted by molar-refractivity contribution is 6.31. The van der Waals surface area contributed by atoms with E-state index in [1.807, 2.05) is 25.1 Å². The minimum absolute atomic E-state index is 0.159. The predicted octanol–water partition coefficient (Wildman–Crippen LogP) is 3.14. The van der Waals surface area contributed by atoms with Crippen molar-refractivity contribution < 1.29 is 9.53 Å². The van der Waals surface area contributed by atoms with Gasteiger partial charge >= 0.3 is 5.97 Å². The summed E-state index contributed by atoms with van der Waals surface area (Å²) in [5, 5.41) is 0.783. The van der Waals surface area contributed by atoms with E-state index in [0.717, 1.165) is 29.0 Å². The smallest absolute Gasteiger partial charge is 0.305 e. The Labute approximate surface area is 95.2 Å². The van der Waals surface area contributed by atoms with Crippen molar-refractivity contribution in [3.8, 4) is 0 Å². The van der Waals surface area contributed by atoms with Crippen LogP contribution in [-0.4, -0.2) is 13.1 Å². The maximum atomic E-state index is 10.9. The molecule has 0 spiro atoms. The summed E-state index contributed by atoms with van der Waals surface area (Å²) < 4.78 is 4.57. The molecule has 1 aromatic rings. The Morgan fingerprint density at radius 3 is 2.80 bits per heavy atom. The van der Waals surface area contributed by atoms with Crippen LogP contribution in [0.1, 0.15) is 24.0 Å². The van der Waals surface area contributed by atoms with Gasteiger partial charge in [-0.05, 0) is 37.0 Å². The molecule has 0 bridgehead atoms. The summed E-state index contributed by atoms with van der Waals surface area (Å²) in [6, 6.07) is 5.99. The molecular weight excluding hydrogens is 212 g/mol. The highest BCUT2D eigenvalue weighted by atomic mass is 35.5. The molecule has 0 N–H and O–H groups in total. The number of benzene rings is 1. The Kier molecular flexibility index (Phi) is 4.63. The number of methoxy groups -OCH3 is 1. The fraction of sp³-hybridized carbons (Fsp3) is 0.417. The number of carbonyl (C=O) groups is 1. The van der Waals surface area contributed by atoms with E-state index in [1.165, 1.54) is 7.11 Å². The minimum Gasteiger partial charge on any atom is -0.469 e. The topological polar surface area (TPSA) is 26.3 Å². The van der Waals surface area contributed by atoms with Gasteiger partial charge in [-0.25, -0.2) is 0 Å². The number of hydrogen-bond acceptors (Lipinski definition) is 2. The molecule has 1 rings (SSSR count). The second-order valence-corrected chi connectivity index (χ2v) is 3.92. The summed E-state index contributed by atoms with van der Waals surface area (Å²) in [6.45, 7) is 1.97. The average molecular weight is 227 g/mol. The van der Waals surface area contributed by atoms with Crippen LogP contribution in [-0.2, 0) is 16.0 Å². The molecule has 0 aliphatic carbocycles. The van der Waals surface area contributed by atoms with Crippen LogP contribution in [0.2, 0.25) is 5.02 Å². The van der Waals surface area contributed by atoms with E-state index in [4.69, 9.17) is 11.6 Å². The first-order chi connectivity index (χ1) is 7.13. The normalized spacial score (nSPS) is 10.1. The van der Waals surface area contributed by atoms with Crippen molar-refractivity contribution in [2.75, 3.05) is 7.11 Å². The Balaban J connectivity index is 2.44. The molecule has 0 radical (unpaired) electrons. The number of halogens is 1. The molecule has 82 valence electrons. The van der Waals surface area contributed by atoms with Crippen molar-refractivity contribution >= 4 is 17.6 Å².